The third-order valence-electron chi connectivity index (χ3n) is 4.34. The van der Waals surface area contributed by atoms with Crippen LogP contribution >= 0.6 is 0 Å². The van der Waals surface area contributed by atoms with E-state index in [4.69, 9.17) is 0 Å². The van der Waals surface area contributed by atoms with Gasteiger partial charge in [0, 0.05) is 18.0 Å². The largest absolute Gasteiger partial charge is 0.506 e. The Labute approximate surface area is 150 Å². The van der Waals surface area contributed by atoms with Gasteiger partial charge in [0.2, 0.25) is 5.56 Å². The molecule has 3 aromatic rings. The summed E-state index contributed by atoms with van der Waals surface area (Å²) in [6.07, 6.45) is 0.921. The number of benzene rings is 2. The van der Waals surface area contributed by atoms with Crippen molar-refractivity contribution >= 4 is 10.9 Å². The second-order valence-electron chi connectivity index (χ2n) is 6.24. The highest BCUT2D eigenvalue weighted by atomic mass is 19.1. The van der Waals surface area contributed by atoms with Crippen molar-refractivity contribution in [3.8, 4) is 5.75 Å². The number of aryl methyl sites for hydroxylation is 1. The molecule has 0 fully saturated rings. The van der Waals surface area contributed by atoms with Gasteiger partial charge in [0.05, 0.1) is 11.6 Å². The van der Waals surface area contributed by atoms with Crippen LogP contribution in [-0.2, 0) is 6.42 Å². The number of phenolic OH excluding ortho intramolecular Hbond substituents is 1. The molecule has 0 aliphatic carbocycles. The van der Waals surface area contributed by atoms with Crippen molar-refractivity contribution in [3.05, 3.63) is 75.8 Å². The number of aromatic nitrogens is 1. The van der Waals surface area contributed by atoms with Crippen molar-refractivity contribution in [2.24, 2.45) is 0 Å². The zero-order valence-electron chi connectivity index (χ0n) is 14.2. The average Bonchev–Trinajstić information content (AvgIpc) is 2.63. The number of H-pyrrole nitrogens is 1. The van der Waals surface area contributed by atoms with E-state index in [0.717, 1.165) is 18.4 Å². The molecule has 3 rings (SSSR count). The molecule has 0 saturated heterocycles. The smallest absolute Gasteiger partial charge is 0.248 e. The molecule has 136 valence electrons. The van der Waals surface area contributed by atoms with Gasteiger partial charge in [0.15, 0.2) is 0 Å². The molecule has 0 saturated carbocycles. The summed E-state index contributed by atoms with van der Waals surface area (Å²) in [7, 11) is 0. The lowest BCUT2D eigenvalue weighted by Crippen LogP contribution is -2.23. The number of pyridine rings is 1. The molecule has 1 heterocycles. The summed E-state index contributed by atoms with van der Waals surface area (Å²) in [5.74, 6) is -0.265. The summed E-state index contributed by atoms with van der Waals surface area (Å²) >= 11 is 0. The maximum absolute atomic E-state index is 12.9. The molecule has 0 aliphatic rings. The SMILES string of the molecule is O=c1ccc2c(C(O)CNCCCc3ccc(F)cc3)ccc(O)c2[nH]1. The van der Waals surface area contributed by atoms with E-state index < -0.39 is 6.10 Å². The lowest BCUT2D eigenvalue weighted by Gasteiger charge is -2.15. The molecule has 0 bridgehead atoms. The van der Waals surface area contributed by atoms with Crippen LogP contribution in [0.1, 0.15) is 23.7 Å². The van der Waals surface area contributed by atoms with Crippen LogP contribution in [0.25, 0.3) is 10.9 Å². The van der Waals surface area contributed by atoms with Crippen molar-refractivity contribution < 1.29 is 14.6 Å². The maximum atomic E-state index is 12.9. The number of fused-ring (bicyclic) bond motifs is 1. The molecule has 2 aromatic carbocycles. The Morgan fingerprint density at radius 3 is 2.62 bits per heavy atom. The predicted molar refractivity (Wildman–Crippen MR) is 98.8 cm³/mol. The second kappa shape index (κ2) is 8.12. The molecule has 0 aliphatic heterocycles. The molecule has 26 heavy (non-hydrogen) atoms. The fourth-order valence-corrected chi connectivity index (χ4v) is 2.97. The summed E-state index contributed by atoms with van der Waals surface area (Å²) < 4.78 is 12.9. The molecule has 0 radical (unpaired) electrons. The number of rotatable bonds is 7. The first-order chi connectivity index (χ1) is 12.5. The van der Waals surface area contributed by atoms with Gasteiger partial charge in [-0.05, 0) is 54.8 Å². The second-order valence-corrected chi connectivity index (χ2v) is 6.24. The summed E-state index contributed by atoms with van der Waals surface area (Å²) in [5, 5.41) is 24.1. The number of hydrogen-bond donors (Lipinski definition) is 4. The van der Waals surface area contributed by atoms with E-state index in [1.54, 1.807) is 24.3 Å². The van der Waals surface area contributed by atoms with Gasteiger partial charge in [0.1, 0.15) is 11.6 Å². The van der Waals surface area contributed by atoms with Gasteiger partial charge in [-0.15, -0.1) is 0 Å². The molecule has 5 nitrogen and oxygen atoms in total. The van der Waals surface area contributed by atoms with Crippen molar-refractivity contribution in [2.45, 2.75) is 18.9 Å². The van der Waals surface area contributed by atoms with E-state index in [1.807, 2.05) is 0 Å². The topological polar surface area (TPSA) is 85.3 Å². The number of hydrogen-bond acceptors (Lipinski definition) is 4. The van der Waals surface area contributed by atoms with Gasteiger partial charge in [-0.1, -0.05) is 18.2 Å². The Bertz CT molecular complexity index is 938. The van der Waals surface area contributed by atoms with E-state index >= 15 is 0 Å². The van der Waals surface area contributed by atoms with Crippen LogP contribution in [0.3, 0.4) is 0 Å². The van der Waals surface area contributed by atoms with Crippen LogP contribution in [0.15, 0.2) is 53.3 Å². The third-order valence-corrected chi connectivity index (χ3v) is 4.34. The van der Waals surface area contributed by atoms with Crippen LogP contribution in [0.2, 0.25) is 0 Å². The maximum Gasteiger partial charge on any atom is 0.248 e. The first-order valence-electron chi connectivity index (χ1n) is 8.53. The summed E-state index contributed by atoms with van der Waals surface area (Å²) in [4.78, 5) is 14.0. The molecule has 6 heteroatoms. The first-order valence-corrected chi connectivity index (χ1v) is 8.53. The Hall–Kier alpha value is -2.70. The normalized spacial score (nSPS) is 12.4. The average molecular weight is 356 g/mol. The molecule has 0 spiro atoms. The fraction of sp³-hybridized carbons (Fsp3) is 0.250. The van der Waals surface area contributed by atoms with Crippen molar-refractivity contribution in [3.63, 3.8) is 0 Å². The number of aromatic amines is 1. The minimum absolute atomic E-state index is 0.0269. The number of aliphatic hydroxyl groups is 1. The number of phenols is 1. The quantitative estimate of drug-likeness (QED) is 0.490. The van der Waals surface area contributed by atoms with E-state index in [9.17, 15) is 19.4 Å². The van der Waals surface area contributed by atoms with Gasteiger partial charge >= 0.3 is 0 Å². The van der Waals surface area contributed by atoms with E-state index in [0.29, 0.717) is 29.6 Å². The van der Waals surface area contributed by atoms with Crippen LogP contribution in [0.5, 0.6) is 5.75 Å². The molecule has 1 aromatic heterocycles. The monoisotopic (exact) mass is 356 g/mol. The number of nitrogens with one attached hydrogen (secondary N) is 2. The Kier molecular flexibility index (Phi) is 5.65. The highest BCUT2D eigenvalue weighted by Crippen LogP contribution is 2.28. The number of aromatic hydroxyl groups is 1. The Morgan fingerprint density at radius 2 is 1.85 bits per heavy atom. The zero-order valence-corrected chi connectivity index (χ0v) is 14.2. The van der Waals surface area contributed by atoms with Crippen LogP contribution in [-0.4, -0.2) is 28.3 Å². The zero-order chi connectivity index (χ0) is 18.5. The minimum Gasteiger partial charge on any atom is -0.506 e. The van der Waals surface area contributed by atoms with Gasteiger partial charge in [-0.25, -0.2) is 4.39 Å². The van der Waals surface area contributed by atoms with Crippen molar-refractivity contribution in [1.82, 2.24) is 10.3 Å². The van der Waals surface area contributed by atoms with E-state index in [-0.39, 0.29) is 17.1 Å². The van der Waals surface area contributed by atoms with Gasteiger partial charge < -0.3 is 20.5 Å². The van der Waals surface area contributed by atoms with Gasteiger partial charge in [-0.3, -0.25) is 4.79 Å². The standard InChI is InChI=1S/C20H21FN2O3/c21-14-5-3-13(4-6-14)2-1-11-22-12-18(25)15-7-9-17(24)20-16(15)8-10-19(26)23-20/h3-10,18,22,24-25H,1-2,11-12H2,(H,23,26). The van der Waals surface area contributed by atoms with Gasteiger partial charge in [-0.2, -0.15) is 0 Å². The third kappa shape index (κ3) is 4.28. The Morgan fingerprint density at radius 1 is 1.08 bits per heavy atom. The number of aliphatic hydroxyl groups excluding tert-OH is 1. The summed E-state index contributed by atoms with van der Waals surface area (Å²) in [5.41, 5.74) is 1.73. The van der Waals surface area contributed by atoms with E-state index in [1.165, 1.54) is 24.3 Å². The molecule has 0 amide bonds. The minimum atomic E-state index is -0.769. The molecule has 1 unspecified atom stereocenters. The van der Waals surface area contributed by atoms with Crippen LogP contribution in [0.4, 0.5) is 4.39 Å². The Balaban J connectivity index is 1.56. The van der Waals surface area contributed by atoms with Crippen molar-refractivity contribution in [2.75, 3.05) is 13.1 Å². The van der Waals surface area contributed by atoms with Gasteiger partial charge in [0.25, 0.3) is 0 Å². The lowest BCUT2D eigenvalue weighted by molar-refractivity contribution is 0.176. The highest BCUT2D eigenvalue weighted by molar-refractivity contribution is 5.87. The van der Waals surface area contributed by atoms with Crippen LogP contribution in [0, 0.1) is 5.82 Å². The molecular formula is C20H21FN2O3. The molecule has 4 N–H and O–H groups in total. The summed E-state index contributed by atoms with van der Waals surface area (Å²) in [6.45, 7) is 1.06. The molecule has 1 atom stereocenters. The fourth-order valence-electron chi connectivity index (χ4n) is 2.97. The number of halogens is 1. The lowest BCUT2D eigenvalue weighted by atomic mass is 10.0. The summed E-state index contributed by atoms with van der Waals surface area (Å²) in [6, 6.07) is 12.5. The first kappa shape index (κ1) is 18.1. The highest BCUT2D eigenvalue weighted by Gasteiger charge is 2.13. The van der Waals surface area contributed by atoms with Crippen LogP contribution < -0.4 is 10.9 Å². The van der Waals surface area contributed by atoms with E-state index in [2.05, 4.69) is 10.3 Å². The molecular weight excluding hydrogens is 335 g/mol. The predicted octanol–water partition coefficient (Wildman–Crippen LogP) is 2.63. The van der Waals surface area contributed by atoms with Crippen molar-refractivity contribution in [1.29, 1.82) is 0 Å².